The van der Waals surface area contributed by atoms with Crippen molar-refractivity contribution in [3.05, 3.63) is 108 Å². The molecule has 0 heterocycles. The lowest BCUT2D eigenvalue weighted by molar-refractivity contribution is 0.590. The monoisotopic (exact) mass is 348 g/mol. The van der Waals surface area contributed by atoms with Gasteiger partial charge in [-0.25, -0.2) is 8.42 Å². The summed E-state index contributed by atoms with van der Waals surface area (Å²) in [4.78, 5) is 0.338. The van der Waals surface area contributed by atoms with E-state index in [2.05, 4.69) is 0 Å². The van der Waals surface area contributed by atoms with Crippen LogP contribution in [-0.4, -0.2) is 8.42 Å². The SMILES string of the molecule is Cc1ccc(S(=O)(=O)C(C=Cc2ccccc2)c2ccccc2)cc1. The van der Waals surface area contributed by atoms with Crippen LogP contribution in [0.4, 0.5) is 0 Å². The van der Waals surface area contributed by atoms with Crippen molar-refractivity contribution in [2.45, 2.75) is 17.1 Å². The van der Waals surface area contributed by atoms with Crippen molar-refractivity contribution in [2.75, 3.05) is 0 Å². The Morgan fingerprint density at radius 1 is 0.760 bits per heavy atom. The molecule has 126 valence electrons. The first-order valence-electron chi connectivity index (χ1n) is 8.16. The lowest BCUT2D eigenvalue weighted by Crippen LogP contribution is -2.12. The Kier molecular flexibility index (Phi) is 5.15. The van der Waals surface area contributed by atoms with Gasteiger partial charge in [-0.2, -0.15) is 0 Å². The number of hydrogen-bond donors (Lipinski definition) is 0. The van der Waals surface area contributed by atoms with Crippen LogP contribution in [0, 0.1) is 6.92 Å². The highest BCUT2D eigenvalue weighted by atomic mass is 32.2. The van der Waals surface area contributed by atoms with Crippen molar-refractivity contribution in [3.63, 3.8) is 0 Å². The molecule has 0 spiro atoms. The Labute approximate surface area is 149 Å². The molecule has 0 aliphatic rings. The molecule has 25 heavy (non-hydrogen) atoms. The molecule has 0 fully saturated rings. The first kappa shape index (κ1) is 17.2. The van der Waals surface area contributed by atoms with Crippen molar-refractivity contribution in [3.8, 4) is 0 Å². The highest BCUT2D eigenvalue weighted by Crippen LogP contribution is 2.31. The standard InChI is InChI=1S/C22H20O2S/c1-18-12-15-21(16-13-18)25(23,24)22(20-10-6-3-7-11-20)17-14-19-8-4-2-5-9-19/h2-17,22H,1H3. The maximum atomic E-state index is 13.2. The second-order valence-corrected chi connectivity index (χ2v) is 8.03. The Balaban J connectivity index is 2.05. The summed E-state index contributed by atoms with van der Waals surface area (Å²) in [6, 6.07) is 26.1. The highest BCUT2D eigenvalue weighted by Gasteiger charge is 2.26. The Bertz CT molecular complexity index is 942. The zero-order valence-corrected chi connectivity index (χ0v) is 14.9. The Morgan fingerprint density at radius 2 is 1.32 bits per heavy atom. The van der Waals surface area contributed by atoms with Gasteiger partial charge in [-0.3, -0.25) is 0 Å². The van der Waals surface area contributed by atoms with E-state index in [4.69, 9.17) is 0 Å². The second-order valence-electron chi connectivity index (χ2n) is 5.96. The van der Waals surface area contributed by atoms with E-state index in [1.54, 1.807) is 18.2 Å². The minimum Gasteiger partial charge on any atom is -0.223 e. The largest absolute Gasteiger partial charge is 0.223 e. The van der Waals surface area contributed by atoms with Crippen LogP contribution in [0.5, 0.6) is 0 Å². The van der Waals surface area contributed by atoms with Crippen molar-refractivity contribution < 1.29 is 8.42 Å². The van der Waals surface area contributed by atoms with Crippen molar-refractivity contribution in [1.29, 1.82) is 0 Å². The molecule has 0 radical (unpaired) electrons. The average molecular weight is 348 g/mol. The molecular weight excluding hydrogens is 328 g/mol. The zero-order valence-electron chi connectivity index (χ0n) is 14.0. The van der Waals surface area contributed by atoms with Crippen molar-refractivity contribution in [2.24, 2.45) is 0 Å². The van der Waals surface area contributed by atoms with Crippen molar-refractivity contribution in [1.82, 2.24) is 0 Å². The third-order valence-corrected chi connectivity index (χ3v) is 6.10. The summed E-state index contributed by atoms with van der Waals surface area (Å²) < 4.78 is 26.4. The van der Waals surface area contributed by atoms with Crippen LogP contribution in [0.2, 0.25) is 0 Å². The van der Waals surface area contributed by atoms with Gasteiger partial charge >= 0.3 is 0 Å². The van der Waals surface area contributed by atoms with E-state index in [0.717, 1.165) is 16.7 Å². The van der Waals surface area contributed by atoms with Gasteiger partial charge in [0.25, 0.3) is 0 Å². The molecule has 0 saturated heterocycles. The highest BCUT2D eigenvalue weighted by molar-refractivity contribution is 7.91. The molecule has 1 unspecified atom stereocenters. The zero-order chi connectivity index (χ0) is 17.7. The summed E-state index contributed by atoms with van der Waals surface area (Å²) in [6.07, 6.45) is 3.63. The van der Waals surface area contributed by atoms with Crippen LogP contribution in [0.15, 0.2) is 95.9 Å². The van der Waals surface area contributed by atoms with E-state index in [0.29, 0.717) is 4.90 Å². The summed E-state index contributed by atoms with van der Waals surface area (Å²) in [7, 11) is -3.53. The molecule has 0 N–H and O–H groups in total. The van der Waals surface area contributed by atoms with E-state index in [-0.39, 0.29) is 0 Å². The van der Waals surface area contributed by atoms with Crippen molar-refractivity contribution >= 4 is 15.9 Å². The number of hydrogen-bond acceptors (Lipinski definition) is 2. The van der Waals surface area contributed by atoms with Gasteiger partial charge in [-0.05, 0) is 30.2 Å². The maximum Gasteiger partial charge on any atom is 0.188 e. The molecular formula is C22H20O2S. The fraction of sp³-hybridized carbons (Fsp3) is 0.0909. The fourth-order valence-corrected chi connectivity index (χ4v) is 4.28. The molecule has 1 atom stereocenters. The quantitative estimate of drug-likeness (QED) is 0.633. The van der Waals surface area contributed by atoms with Gasteiger partial charge in [-0.1, -0.05) is 90.5 Å². The molecule has 0 aliphatic carbocycles. The third-order valence-electron chi connectivity index (χ3n) is 4.07. The van der Waals surface area contributed by atoms with Crippen LogP contribution in [-0.2, 0) is 9.84 Å². The molecule has 0 amide bonds. The topological polar surface area (TPSA) is 34.1 Å². The maximum absolute atomic E-state index is 13.2. The number of sulfone groups is 1. The number of benzene rings is 3. The minimum absolute atomic E-state index is 0.338. The minimum atomic E-state index is -3.53. The van der Waals surface area contributed by atoms with Crippen LogP contribution in [0.1, 0.15) is 21.9 Å². The predicted molar refractivity (Wildman–Crippen MR) is 103 cm³/mol. The van der Waals surface area contributed by atoms with Crippen LogP contribution >= 0.6 is 0 Å². The van der Waals surface area contributed by atoms with Gasteiger partial charge in [0.1, 0.15) is 5.25 Å². The molecule has 2 nitrogen and oxygen atoms in total. The second kappa shape index (κ2) is 7.49. The van der Waals surface area contributed by atoms with Crippen LogP contribution in [0.3, 0.4) is 0 Å². The van der Waals surface area contributed by atoms with Gasteiger partial charge in [0.05, 0.1) is 4.90 Å². The first-order chi connectivity index (χ1) is 12.1. The Morgan fingerprint density at radius 3 is 1.92 bits per heavy atom. The third kappa shape index (κ3) is 4.06. The first-order valence-corrected chi connectivity index (χ1v) is 9.71. The lowest BCUT2D eigenvalue weighted by Gasteiger charge is -2.15. The summed E-state index contributed by atoms with van der Waals surface area (Å²) in [5.41, 5.74) is 2.77. The van der Waals surface area contributed by atoms with E-state index >= 15 is 0 Å². The van der Waals surface area contributed by atoms with Gasteiger partial charge in [0.15, 0.2) is 9.84 Å². The molecule has 3 rings (SSSR count). The van der Waals surface area contributed by atoms with E-state index in [1.807, 2.05) is 85.8 Å². The smallest absolute Gasteiger partial charge is 0.188 e. The van der Waals surface area contributed by atoms with Gasteiger partial charge in [-0.15, -0.1) is 0 Å². The molecule has 0 aromatic heterocycles. The summed E-state index contributed by atoms with van der Waals surface area (Å²) in [5, 5.41) is -0.725. The predicted octanol–water partition coefficient (Wildman–Crippen LogP) is 5.22. The molecule has 3 aromatic rings. The molecule has 0 saturated carbocycles. The van der Waals surface area contributed by atoms with E-state index < -0.39 is 15.1 Å². The average Bonchev–Trinajstić information content (AvgIpc) is 2.64. The normalized spacial score (nSPS) is 13.0. The van der Waals surface area contributed by atoms with Gasteiger partial charge in [0.2, 0.25) is 0 Å². The molecule has 3 heteroatoms. The van der Waals surface area contributed by atoms with Crippen LogP contribution < -0.4 is 0 Å². The summed E-state index contributed by atoms with van der Waals surface area (Å²) >= 11 is 0. The van der Waals surface area contributed by atoms with Gasteiger partial charge < -0.3 is 0 Å². The lowest BCUT2D eigenvalue weighted by atomic mass is 10.1. The summed E-state index contributed by atoms with van der Waals surface area (Å²) in [5.74, 6) is 0. The molecule has 0 bridgehead atoms. The molecule has 3 aromatic carbocycles. The summed E-state index contributed by atoms with van der Waals surface area (Å²) in [6.45, 7) is 1.94. The van der Waals surface area contributed by atoms with Gasteiger partial charge in [0, 0.05) is 0 Å². The number of aryl methyl sites for hydroxylation is 1. The van der Waals surface area contributed by atoms with E-state index in [1.165, 1.54) is 0 Å². The number of rotatable bonds is 5. The molecule has 0 aliphatic heterocycles. The van der Waals surface area contributed by atoms with Crippen LogP contribution in [0.25, 0.3) is 6.08 Å². The Hall–Kier alpha value is -2.65. The fourth-order valence-electron chi connectivity index (χ4n) is 2.67. The van der Waals surface area contributed by atoms with E-state index in [9.17, 15) is 8.42 Å².